The van der Waals surface area contributed by atoms with Crippen LogP contribution in [0.25, 0.3) is 0 Å². The van der Waals surface area contributed by atoms with Gasteiger partial charge >= 0.3 is 0 Å². The zero-order chi connectivity index (χ0) is 14.4. The summed E-state index contributed by atoms with van der Waals surface area (Å²) in [5, 5.41) is 0. The Morgan fingerprint density at radius 3 is 2.70 bits per heavy atom. The van der Waals surface area contributed by atoms with Crippen molar-refractivity contribution in [2.75, 3.05) is 6.54 Å². The second-order valence-electron chi connectivity index (χ2n) is 4.69. The van der Waals surface area contributed by atoms with Gasteiger partial charge in [0.15, 0.2) is 0 Å². The van der Waals surface area contributed by atoms with Crippen molar-refractivity contribution in [1.82, 2.24) is 0 Å². The molecule has 0 aliphatic carbocycles. The summed E-state index contributed by atoms with van der Waals surface area (Å²) < 4.78 is 5.89. The Labute approximate surface area is 120 Å². The Morgan fingerprint density at radius 1 is 1.10 bits per heavy atom. The molecule has 0 saturated carbocycles. The Balaban J connectivity index is 2.09. The van der Waals surface area contributed by atoms with Crippen molar-refractivity contribution in [2.45, 2.75) is 20.5 Å². The number of benzene rings is 2. The number of hydrogen-bond donors (Lipinski definition) is 1. The minimum absolute atomic E-state index is 0.378. The number of ether oxygens (including phenoxy) is 1. The minimum Gasteiger partial charge on any atom is -0.489 e. The van der Waals surface area contributed by atoms with Crippen molar-refractivity contribution >= 4 is 0 Å². The molecule has 0 aliphatic rings. The van der Waals surface area contributed by atoms with Gasteiger partial charge in [-0.05, 0) is 48.7 Å². The fourth-order valence-corrected chi connectivity index (χ4v) is 1.93. The van der Waals surface area contributed by atoms with E-state index in [-0.39, 0.29) is 0 Å². The standard InChI is InChI=1S/C18H19NO/c1-14-6-3-10-18(15(14)2)20-13-17-8-4-7-16(12-17)9-5-11-19/h3-4,6-8,10,12H,11,13,19H2,1-2H3. The van der Waals surface area contributed by atoms with Crippen LogP contribution in [0.5, 0.6) is 5.75 Å². The van der Waals surface area contributed by atoms with Crippen LogP contribution in [-0.2, 0) is 6.61 Å². The van der Waals surface area contributed by atoms with Gasteiger partial charge in [-0.1, -0.05) is 36.1 Å². The van der Waals surface area contributed by atoms with Crippen LogP contribution < -0.4 is 10.5 Å². The van der Waals surface area contributed by atoms with E-state index in [1.54, 1.807) is 0 Å². The van der Waals surface area contributed by atoms with Gasteiger partial charge < -0.3 is 10.5 Å². The van der Waals surface area contributed by atoms with Crippen molar-refractivity contribution in [3.8, 4) is 17.6 Å². The molecule has 2 heteroatoms. The molecule has 20 heavy (non-hydrogen) atoms. The van der Waals surface area contributed by atoms with Crippen LogP contribution in [0.2, 0.25) is 0 Å². The molecule has 0 bridgehead atoms. The quantitative estimate of drug-likeness (QED) is 0.865. The first-order valence-electron chi connectivity index (χ1n) is 6.67. The van der Waals surface area contributed by atoms with Crippen LogP contribution in [0.4, 0.5) is 0 Å². The molecular formula is C18H19NO. The fourth-order valence-electron chi connectivity index (χ4n) is 1.93. The summed E-state index contributed by atoms with van der Waals surface area (Å²) in [5.41, 5.74) is 9.89. The summed E-state index contributed by atoms with van der Waals surface area (Å²) in [6, 6.07) is 14.1. The molecule has 0 spiro atoms. The van der Waals surface area contributed by atoms with E-state index in [1.165, 1.54) is 11.1 Å². The van der Waals surface area contributed by atoms with E-state index in [0.29, 0.717) is 13.2 Å². The van der Waals surface area contributed by atoms with Crippen LogP contribution >= 0.6 is 0 Å². The van der Waals surface area contributed by atoms with Gasteiger partial charge in [-0.3, -0.25) is 0 Å². The third-order valence-electron chi connectivity index (χ3n) is 3.21. The van der Waals surface area contributed by atoms with E-state index in [2.05, 4.69) is 31.8 Å². The van der Waals surface area contributed by atoms with Crippen LogP contribution in [-0.4, -0.2) is 6.54 Å². The lowest BCUT2D eigenvalue weighted by Gasteiger charge is -2.11. The molecule has 2 aromatic rings. The zero-order valence-corrected chi connectivity index (χ0v) is 11.9. The first kappa shape index (κ1) is 14.2. The van der Waals surface area contributed by atoms with Crippen molar-refractivity contribution in [3.05, 3.63) is 64.7 Å². The normalized spacial score (nSPS) is 9.75. The highest BCUT2D eigenvalue weighted by Gasteiger charge is 2.02. The monoisotopic (exact) mass is 265 g/mol. The Morgan fingerprint density at radius 2 is 1.90 bits per heavy atom. The lowest BCUT2D eigenvalue weighted by Crippen LogP contribution is -1.98. The molecule has 0 heterocycles. The number of hydrogen-bond acceptors (Lipinski definition) is 2. The van der Waals surface area contributed by atoms with E-state index in [9.17, 15) is 0 Å². The van der Waals surface area contributed by atoms with Gasteiger partial charge in [0.05, 0.1) is 6.54 Å². The molecule has 2 N–H and O–H groups in total. The molecule has 0 saturated heterocycles. The van der Waals surface area contributed by atoms with Gasteiger partial charge in [-0.15, -0.1) is 0 Å². The highest BCUT2D eigenvalue weighted by Crippen LogP contribution is 2.21. The van der Waals surface area contributed by atoms with Crippen LogP contribution in [0.15, 0.2) is 42.5 Å². The van der Waals surface area contributed by atoms with Crippen LogP contribution in [0.1, 0.15) is 22.3 Å². The summed E-state index contributed by atoms with van der Waals surface area (Å²) in [7, 11) is 0. The van der Waals surface area contributed by atoms with Gasteiger partial charge in [0.1, 0.15) is 12.4 Å². The molecular weight excluding hydrogens is 246 g/mol. The molecule has 0 atom stereocenters. The molecule has 0 radical (unpaired) electrons. The highest BCUT2D eigenvalue weighted by atomic mass is 16.5. The van der Waals surface area contributed by atoms with Gasteiger partial charge in [0, 0.05) is 5.56 Å². The maximum Gasteiger partial charge on any atom is 0.122 e. The predicted molar refractivity (Wildman–Crippen MR) is 82.6 cm³/mol. The topological polar surface area (TPSA) is 35.2 Å². The van der Waals surface area contributed by atoms with Crippen molar-refractivity contribution in [2.24, 2.45) is 5.73 Å². The second-order valence-corrected chi connectivity index (χ2v) is 4.69. The maximum atomic E-state index is 5.89. The second kappa shape index (κ2) is 6.79. The van der Waals surface area contributed by atoms with Crippen LogP contribution in [0.3, 0.4) is 0 Å². The van der Waals surface area contributed by atoms with Gasteiger partial charge in [-0.25, -0.2) is 0 Å². The van der Waals surface area contributed by atoms with Gasteiger partial charge in [0.25, 0.3) is 0 Å². The van der Waals surface area contributed by atoms with Crippen molar-refractivity contribution < 1.29 is 4.74 Å². The smallest absolute Gasteiger partial charge is 0.122 e. The SMILES string of the molecule is Cc1cccc(OCc2cccc(C#CCN)c2)c1C. The first-order chi connectivity index (χ1) is 9.70. The average Bonchev–Trinajstić information content (AvgIpc) is 2.47. The zero-order valence-electron chi connectivity index (χ0n) is 11.9. The highest BCUT2D eigenvalue weighted by molar-refractivity contribution is 5.39. The predicted octanol–water partition coefficient (Wildman–Crippen LogP) is 3.19. The molecule has 0 fully saturated rings. The summed E-state index contributed by atoms with van der Waals surface area (Å²) >= 11 is 0. The molecule has 0 amide bonds. The molecule has 102 valence electrons. The lowest BCUT2D eigenvalue weighted by molar-refractivity contribution is 0.304. The molecule has 2 aromatic carbocycles. The van der Waals surface area contributed by atoms with E-state index in [1.807, 2.05) is 36.4 Å². The maximum absolute atomic E-state index is 5.89. The third kappa shape index (κ3) is 3.63. The molecule has 2 rings (SSSR count). The number of aryl methyl sites for hydroxylation is 1. The van der Waals surface area contributed by atoms with Gasteiger partial charge in [0.2, 0.25) is 0 Å². The van der Waals surface area contributed by atoms with E-state index in [0.717, 1.165) is 16.9 Å². The molecule has 0 aromatic heterocycles. The van der Waals surface area contributed by atoms with Crippen LogP contribution in [0, 0.1) is 25.7 Å². The minimum atomic E-state index is 0.378. The summed E-state index contributed by atoms with van der Waals surface area (Å²) in [5.74, 6) is 6.83. The molecule has 0 unspecified atom stereocenters. The summed E-state index contributed by atoms with van der Waals surface area (Å²) in [4.78, 5) is 0. The van der Waals surface area contributed by atoms with E-state index < -0.39 is 0 Å². The Kier molecular flexibility index (Phi) is 4.81. The van der Waals surface area contributed by atoms with Crippen molar-refractivity contribution in [1.29, 1.82) is 0 Å². The summed E-state index contributed by atoms with van der Waals surface area (Å²) in [6.07, 6.45) is 0. The fraction of sp³-hybridized carbons (Fsp3) is 0.222. The first-order valence-corrected chi connectivity index (χ1v) is 6.67. The average molecular weight is 265 g/mol. The largest absolute Gasteiger partial charge is 0.489 e. The Hall–Kier alpha value is -2.24. The Bertz CT molecular complexity index is 650. The number of rotatable bonds is 3. The third-order valence-corrected chi connectivity index (χ3v) is 3.21. The van der Waals surface area contributed by atoms with E-state index >= 15 is 0 Å². The van der Waals surface area contributed by atoms with E-state index in [4.69, 9.17) is 10.5 Å². The van der Waals surface area contributed by atoms with Gasteiger partial charge in [-0.2, -0.15) is 0 Å². The lowest BCUT2D eigenvalue weighted by atomic mass is 10.1. The molecule has 2 nitrogen and oxygen atoms in total. The summed E-state index contributed by atoms with van der Waals surface area (Å²) in [6.45, 7) is 5.09. The van der Waals surface area contributed by atoms with Crippen molar-refractivity contribution in [3.63, 3.8) is 0 Å². The number of nitrogens with two attached hydrogens (primary N) is 1. The molecule has 0 aliphatic heterocycles.